The first-order chi connectivity index (χ1) is 5.92. The molecule has 0 unspecified atom stereocenters. The Hall–Kier alpha value is -1.78. The fourth-order valence-electron chi connectivity index (χ4n) is 1.00. The summed E-state index contributed by atoms with van der Waals surface area (Å²) in [5.41, 5.74) is 0.657. The van der Waals surface area contributed by atoms with Gasteiger partial charge in [-0.3, -0.25) is 0 Å². The molecule has 2 rings (SSSR count). The number of hydrogen-bond donors (Lipinski definition) is 1. The molecule has 0 aliphatic heterocycles. The van der Waals surface area contributed by atoms with Gasteiger partial charge in [-0.2, -0.15) is 0 Å². The molecule has 0 saturated heterocycles. The predicted molar refractivity (Wildman–Crippen MR) is 44.7 cm³/mol. The van der Waals surface area contributed by atoms with Crippen molar-refractivity contribution in [1.82, 2.24) is 19.9 Å². The van der Waals surface area contributed by atoms with E-state index >= 15 is 0 Å². The number of anilines is 1. The van der Waals surface area contributed by atoms with Gasteiger partial charge in [0.25, 0.3) is 0 Å². The van der Waals surface area contributed by atoms with Crippen molar-refractivity contribution >= 4 is 16.9 Å². The van der Waals surface area contributed by atoms with Crippen LogP contribution in [0.3, 0.4) is 0 Å². The van der Waals surface area contributed by atoms with Crippen LogP contribution in [-0.2, 0) is 0 Å². The highest BCUT2D eigenvalue weighted by atomic mass is 15.0. The van der Waals surface area contributed by atoms with Crippen molar-refractivity contribution < 1.29 is 0 Å². The molecule has 0 bridgehead atoms. The van der Waals surface area contributed by atoms with Gasteiger partial charge in [-0.25, -0.2) is 19.9 Å². The third-order valence-corrected chi connectivity index (χ3v) is 1.55. The van der Waals surface area contributed by atoms with Crippen LogP contribution in [-0.4, -0.2) is 27.0 Å². The Balaban J connectivity index is 2.79. The van der Waals surface area contributed by atoms with Gasteiger partial charge in [-0.15, -0.1) is 0 Å². The fourth-order valence-corrected chi connectivity index (χ4v) is 1.00. The standard InChI is InChI=1S/C7H7N5/c1-8-6-5-2-9-3-10-7(5)12-4-11-6/h2-4H,1H3,(H,8,9,10,11,12). The van der Waals surface area contributed by atoms with Gasteiger partial charge in [0.05, 0.1) is 5.39 Å². The highest BCUT2D eigenvalue weighted by Gasteiger charge is 2.00. The fraction of sp³-hybridized carbons (Fsp3) is 0.143. The Morgan fingerprint density at radius 2 is 2.00 bits per heavy atom. The number of aromatic nitrogens is 4. The topological polar surface area (TPSA) is 63.6 Å². The second kappa shape index (κ2) is 2.69. The van der Waals surface area contributed by atoms with E-state index < -0.39 is 0 Å². The maximum atomic E-state index is 4.02. The van der Waals surface area contributed by atoms with Gasteiger partial charge in [0, 0.05) is 13.2 Å². The van der Waals surface area contributed by atoms with Crippen LogP contribution in [0.2, 0.25) is 0 Å². The van der Waals surface area contributed by atoms with Crippen LogP contribution in [0.4, 0.5) is 5.82 Å². The summed E-state index contributed by atoms with van der Waals surface area (Å²) in [5, 5.41) is 3.77. The van der Waals surface area contributed by atoms with Crippen molar-refractivity contribution in [3.8, 4) is 0 Å². The highest BCUT2D eigenvalue weighted by Crippen LogP contribution is 2.13. The lowest BCUT2D eigenvalue weighted by Crippen LogP contribution is -1.96. The van der Waals surface area contributed by atoms with Crippen LogP contribution in [0.1, 0.15) is 0 Å². The van der Waals surface area contributed by atoms with E-state index in [-0.39, 0.29) is 0 Å². The number of rotatable bonds is 1. The zero-order valence-corrected chi connectivity index (χ0v) is 6.52. The van der Waals surface area contributed by atoms with E-state index in [1.54, 1.807) is 13.2 Å². The van der Waals surface area contributed by atoms with E-state index in [0.29, 0.717) is 5.65 Å². The van der Waals surface area contributed by atoms with Gasteiger partial charge in [0.2, 0.25) is 0 Å². The van der Waals surface area contributed by atoms with E-state index in [9.17, 15) is 0 Å². The molecule has 2 heterocycles. The molecule has 2 aromatic heterocycles. The molecule has 0 aliphatic rings. The second-order valence-electron chi connectivity index (χ2n) is 2.23. The predicted octanol–water partition coefficient (Wildman–Crippen LogP) is 0.462. The maximum absolute atomic E-state index is 4.02. The second-order valence-corrected chi connectivity index (χ2v) is 2.23. The SMILES string of the molecule is CNc1ncnc2ncncc12. The molecule has 60 valence electrons. The van der Waals surface area contributed by atoms with Crippen molar-refractivity contribution in [1.29, 1.82) is 0 Å². The summed E-state index contributed by atoms with van der Waals surface area (Å²) >= 11 is 0. The summed E-state index contributed by atoms with van der Waals surface area (Å²) in [6, 6.07) is 0. The van der Waals surface area contributed by atoms with E-state index in [0.717, 1.165) is 11.2 Å². The molecule has 0 radical (unpaired) electrons. The summed E-state index contributed by atoms with van der Waals surface area (Å²) in [6.07, 6.45) is 4.63. The van der Waals surface area contributed by atoms with E-state index in [2.05, 4.69) is 25.3 Å². The molecule has 0 amide bonds. The lowest BCUT2D eigenvalue weighted by Gasteiger charge is -2.00. The molecule has 0 atom stereocenters. The molecular formula is C7H7N5. The maximum Gasteiger partial charge on any atom is 0.167 e. The lowest BCUT2D eigenvalue weighted by molar-refractivity contribution is 1.13. The molecule has 0 aromatic carbocycles. The molecule has 0 fully saturated rings. The van der Waals surface area contributed by atoms with Gasteiger partial charge >= 0.3 is 0 Å². The Kier molecular flexibility index (Phi) is 1.55. The first-order valence-electron chi connectivity index (χ1n) is 3.50. The van der Waals surface area contributed by atoms with Crippen LogP contribution in [0, 0.1) is 0 Å². The monoisotopic (exact) mass is 161 g/mol. The highest BCUT2D eigenvalue weighted by molar-refractivity contribution is 5.84. The van der Waals surface area contributed by atoms with Crippen molar-refractivity contribution in [2.75, 3.05) is 12.4 Å². The van der Waals surface area contributed by atoms with Gasteiger partial charge in [-0.1, -0.05) is 0 Å². The summed E-state index contributed by atoms with van der Waals surface area (Å²) in [7, 11) is 1.80. The molecule has 0 saturated carbocycles. The van der Waals surface area contributed by atoms with Gasteiger partial charge < -0.3 is 5.32 Å². The summed E-state index contributed by atoms with van der Waals surface area (Å²) in [6.45, 7) is 0. The zero-order valence-electron chi connectivity index (χ0n) is 6.52. The average Bonchev–Trinajstić information content (AvgIpc) is 2.17. The third-order valence-electron chi connectivity index (χ3n) is 1.55. The minimum atomic E-state index is 0.657. The molecule has 0 spiro atoms. The molecule has 5 heteroatoms. The lowest BCUT2D eigenvalue weighted by atomic mass is 10.4. The van der Waals surface area contributed by atoms with E-state index in [1.807, 2.05) is 0 Å². The van der Waals surface area contributed by atoms with Crippen molar-refractivity contribution in [2.45, 2.75) is 0 Å². The molecule has 5 nitrogen and oxygen atoms in total. The number of nitrogens with zero attached hydrogens (tertiary/aromatic N) is 4. The van der Waals surface area contributed by atoms with E-state index in [4.69, 9.17) is 0 Å². The Labute approximate surface area is 68.9 Å². The quantitative estimate of drug-likeness (QED) is 0.658. The Morgan fingerprint density at radius 1 is 1.17 bits per heavy atom. The first kappa shape index (κ1) is 6.90. The minimum absolute atomic E-state index is 0.657. The van der Waals surface area contributed by atoms with Crippen LogP contribution >= 0.6 is 0 Å². The van der Waals surface area contributed by atoms with Crippen LogP contribution < -0.4 is 5.32 Å². The summed E-state index contributed by atoms with van der Waals surface area (Å²) in [5.74, 6) is 0.751. The first-order valence-corrected chi connectivity index (χ1v) is 3.50. The summed E-state index contributed by atoms with van der Waals surface area (Å²) in [4.78, 5) is 15.9. The normalized spacial score (nSPS) is 10.1. The zero-order chi connectivity index (χ0) is 8.39. The van der Waals surface area contributed by atoms with E-state index in [1.165, 1.54) is 12.7 Å². The van der Waals surface area contributed by atoms with Crippen molar-refractivity contribution in [3.05, 3.63) is 18.9 Å². The molecule has 2 aromatic rings. The molecule has 12 heavy (non-hydrogen) atoms. The molecule has 1 N–H and O–H groups in total. The Morgan fingerprint density at radius 3 is 2.83 bits per heavy atom. The largest absolute Gasteiger partial charge is 0.372 e. The number of fused-ring (bicyclic) bond motifs is 1. The van der Waals surface area contributed by atoms with Crippen LogP contribution in [0.25, 0.3) is 11.0 Å². The van der Waals surface area contributed by atoms with Crippen molar-refractivity contribution in [2.24, 2.45) is 0 Å². The molecular weight excluding hydrogens is 154 g/mol. The molecule has 0 aliphatic carbocycles. The van der Waals surface area contributed by atoms with Gasteiger partial charge in [-0.05, 0) is 0 Å². The van der Waals surface area contributed by atoms with Gasteiger partial charge in [0.15, 0.2) is 5.65 Å². The minimum Gasteiger partial charge on any atom is -0.372 e. The third kappa shape index (κ3) is 0.952. The smallest absolute Gasteiger partial charge is 0.167 e. The van der Waals surface area contributed by atoms with Gasteiger partial charge in [0.1, 0.15) is 18.5 Å². The Bertz CT molecular complexity index is 394. The average molecular weight is 161 g/mol. The summed E-state index contributed by atoms with van der Waals surface area (Å²) < 4.78 is 0. The van der Waals surface area contributed by atoms with Crippen LogP contribution in [0.5, 0.6) is 0 Å². The van der Waals surface area contributed by atoms with Crippen molar-refractivity contribution in [3.63, 3.8) is 0 Å². The number of hydrogen-bond acceptors (Lipinski definition) is 5. The number of nitrogens with one attached hydrogen (secondary N) is 1. The van der Waals surface area contributed by atoms with Crippen LogP contribution in [0.15, 0.2) is 18.9 Å².